The third-order valence-corrected chi connectivity index (χ3v) is 5.35. The van der Waals surface area contributed by atoms with E-state index in [1.165, 1.54) is 0 Å². The molecule has 1 amide bonds. The lowest BCUT2D eigenvalue weighted by Gasteiger charge is -2.10. The van der Waals surface area contributed by atoms with Crippen molar-refractivity contribution in [2.24, 2.45) is 0 Å². The molecule has 5 rings (SSSR count). The van der Waals surface area contributed by atoms with Crippen molar-refractivity contribution in [2.45, 2.75) is 19.3 Å². The molecule has 1 aliphatic carbocycles. The number of hydrogen-bond donors (Lipinski definition) is 1. The quantitative estimate of drug-likeness (QED) is 0.527. The maximum absolute atomic E-state index is 12.3. The molecule has 0 aliphatic heterocycles. The molecule has 3 aromatic carbocycles. The van der Waals surface area contributed by atoms with E-state index in [1.807, 2.05) is 54.6 Å². The van der Waals surface area contributed by atoms with E-state index in [0.29, 0.717) is 11.3 Å². The Morgan fingerprint density at radius 2 is 1.79 bits per heavy atom. The molecule has 0 atom stereocenters. The molecule has 0 saturated carbocycles. The summed E-state index contributed by atoms with van der Waals surface area (Å²) in [7, 11) is 0. The summed E-state index contributed by atoms with van der Waals surface area (Å²) in [5, 5.41) is 5.97. The first-order chi connectivity index (χ1) is 14.2. The summed E-state index contributed by atoms with van der Waals surface area (Å²) < 4.78 is 11.1. The summed E-state index contributed by atoms with van der Waals surface area (Å²) in [6.45, 7) is -0.131. The second kappa shape index (κ2) is 7.09. The molecule has 144 valence electrons. The average molecular weight is 385 g/mol. The van der Waals surface area contributed by atoms with Gasteiger partial charge in [-0.2, -0.15) is 0 Å². The summed E-state index contributed by atoms with van der Waals surface area (Å²) in [6, 6.07) is 19.1. The number of aryl methyl sites for hydroxylation is 1. The van der Waals surface area contributed by atoms with Crippen LogP contribution in [0.1, 0.15) is 17.5 Å². The Bertz CT molecular complexity index is 1310. The fourth-order valence-corrected chi connectivity index (χ4v) is 3.97. The van der Waals surface area contributed by atoms with E-state index in [2.05, 4.69) is 5.32 Å². The Hall–Kier alpha value is -3.60. The lowest BCUT2D eigenvalue weighted by atomic mass is 10.1. The summed E-state index contributed by atoms with van der Waals surface area (Å²) in [6.07, 6.45) is 2.65. The second-order valence-corrected chi connectivity index (χ2v) is 7.26. The van der Waals surface area contributed by atoms with Crippen molar-refractivity contribution in [3.05, 3.63) is 82.2 Å². The van der Waals surface area contributed by atoms with E-state index in [-0.39, 0.29) is 18.1 Å². The van der Waals surface area contributed by atoms with Gasteiger partial charge in [0.1, 0.15) is 11.3 Å². The Kier molecular flexibility index (Phi) is 4.28. The maximum Gasteiger partial charge on any atom is 0.339 e. The van der Waals surface area contributed by atoms with E-state index in [4.69, 9.17) is 9.15 Å². The fraction of sp³-hybridized carbons (Fsp3) is 0.167. The molecule has 1 aliphatic rings. The molecule has 1 aromatic heterocycles. The van der Waals surface area contributed by atoms with Gasteiger partial charge in [-0.05, 0) is 59.9 Å². The van der Waals surface area contributed by atoms with Crippen LogP contribution in [0.3, 0.4) is 0 Å². The topological polar surface area (TPSA) is 68.5 Å². The second-order valence-electron chi connectivity index (χ2n) is 7.26. The Morgan fingerprint density at radius 1 is 0.966 bits per heavy atom. The molecule has 1 heterocycles. The van der Waals surface area contributed by atoms with Crippen LogP contribution in [0.25, 0.3) is 21.7 Å². The third kappa shape index (κ3) is 3.36. The summed E-state index contributed by atoms with van der Waals surface area (Å²) in [5.74, 6) is 0.239. The SMILES string of the molecule is O=C(COc1ccc2c3c(c(=O)oc2c1)CCC3)Nc1ccc2ccccc2c1. The largest absolute Gasteiger partial charge is 0.484 e. The van der Waals surface area contributed by atoms with Crippen LogP contribution in [-0.4, -0.2) is 12.5 Å². The molecule has 29 heavy (non-hydrogen) atoms. The third-order valence-electron chi connectivity index (χ3n) is 5.35. The number of nitrogens with one attached hydrogen (secondary N) is 1. The number of amides is 1. The number of ether oxygens (including phenoxy) is 1. The molecule has 1 N–H and O–H groups in total. The summed E-state index contributed by atoms with van der Waals surface area (Å²) in [5.41, 5.74) is 2.83. The first-order valence-electron chi connectivity index (χ1n) is 9.67. The van der Waals surface area contributed by atoms with Crippen molar-refractivity contribution < 1.29 is 13.9 Å². The van der Waals surface area contributed by atoms with Crippen LogP contribution in [0.5, 0.6) is 5.75 Å². The minimum absolute atomic E-state index is 0.131. The van der Waals surface area contributed by atoms with Crippen molar-refractivity contribution in [1.29, 1.82) is 0 Å². The molecule has 0 radical (unpaired) electrons. The van der Waals surface area contributed by atoms with Gasteiger partial charge in [-0.15, -0.1) is 0 Å². The number of carbonyl (C=O) groups is 1. The monoisotopic (exact) mass is 385 g/mol. The predicted molar refractivity (Wildman–Crippen MR) is 113 cm³/mol. The summed E-state index contributed by atoms with van der Waals surface area (Å²) in [4.78, 5) is 24.4. The predicted octanol–water partition coefficient (Wildman–Crippen LogP) is 4.45. The van der Waals surface area contributed by atoms with Crippen LogP contribution in [0, 0.1) is 0 Å². The fourth-order valence-electron chi connectivity index (χ4n) is 3.97. The molecule has 0 spiro atoms. The van der Waals surface area contributed by atoms with Gasteiger partial charge in [0.15, 0.2) is 6.61 Å². The number of carbonyl (C=O) groups excluding carboxylic acids is 1. The summed E-state index contributed by atoms with van der Waals surface area (Å²) >= 11 is 0. The minimum Gasteiger partial charge on any atom is -0.484 e. The average Bonchev–Trinajstić information content (AvgIpc) is 3.23. The smallest absolute Gasteiger partial charge is 0.339 e. The number of benzene rings is 3. The molecule has 0 bridgehead atoms. The van der Waals surface area contributed by atoms with Crippen LogP contribution in [0.2, 0.25) is 0 Å². The van der Waals surface area contributed by atoms with E-state index >= 15 is 0 Å². The molecule has 5 nitrogen and oxygen atoms in total. The molecule has 4 aromatic rings. The Balaban J connectivity index is 1.30. The highest BCUT2D eigenvalue weighted by Gasteiger charge is 2.19. The first kappa shape index (κ1) is 17.5. The van der Waals surface area contributed by atoms with Crippen LogP contribution in [0.15, 0.2) is 69.9 Å². The van der Waals surface area contributed by atoms with Gasteiger partial charge < -0.3 is 14.5 Å². The van der Waals surface area contributed by atoms with Gasteiger partial charge in [0.05, 0.1) is 0 Å². The van der Waals surface area contributed by atoms with E-state index in [0.717, 1.165) is 52.2 Å². The molecular formula is C24H19NO4. The minimum atomic E-state index is -0.267. The first-order valence-corrected chi connectivity index (χ1v) is 9.67. The standard InChI is InChI=1S/C24H19NO4/c26-23(25-17-9-8-15-4-1-2-5-16(15)12-17)14-28-18-10-11-20-19-6-3-7-21(19)24(27)29-22(20)13-18/h1-2,4-5,8-13H,3,6-7,14H2,(H,25,26). The lowest BCUT2D eigenvalue weighted by molar-refractivity contribution is -0.118. The van der Waals surface area contributed by atoms with Gasteiger partial charge in [0.2, 0.25) is 0 Å². The van der Waals surface area contributed by atoms with Crippen LogP contribution < -0.4 is 15.7 Å². The van der Waals surface area contributed by atoms with Crippen molar-refractivity contribution in [3.63, 3.8) is 0 Å². The van der Waals surface area contributed by atoms with Gasteiger partial charge in [-0.25, -0.2) is 4.79 Å². The Labute approximate surface area is 166 Å². The number of fused-ring (bicyclic) bond motifs is 4. The van der Waals surface area contributed by atoms with Gasteiger partial charge >= 0.3 is 5.63 Å². The van der Waals surface area contributed by atoms with Gasteiger partial charge in [0.25, 0.3) is 5.91 Å². The Morgan fingerprint density at radius 3 is 2.69 bits per heavy atom. The molecule has 0 saturated heterocycles. The maximum atomic E-state index is 12.3. The molecule has 5 heteroatoms. The van der Waals surface area contributed by atoms with Gasteiger partial charge in [-0.1, -0.05) is 30.3 Å². The van der Waals surface area contributed by atoms with Crippen molar-refractivity contribution in [2.75, 3.05) is 11.9 Å². The van der Waals surface area contributed by atoms with Crippen LogP contribution >= 0.6 is 0 Å². The highest BCUT2D eigenvalue weighted by molar-refractivity contribution is 5.95. The highest BCUT2D eigenvalue weighted by Crippen LogP contribution is 2.29. The highest BCUT2D eigenvalue weighted by atomic mass is 16.5. The van der Waals surface area contributed by atoms with Crippen molar-refractivity contribution in [1.82, 2.24) is 0 Å². The van der Waals surface area contributed by atoms with Crippen molar-refractivity contribution in [3.8, 4) is 5.75 Å². The van der Waals surface area contributed by atoms with E-state index < -0.39 is 0 Å². The zero-order chi connectivity index (χ0) is 19.8. The van der Waals surface area contributed by atoms with E-state index in [1.54, 1.807) is 6.07 Å². The lowest BCUT2D eigenvalue weighted by Crippen LogP contribution is -2.20. The van der Waals surface area contributed by atoms with Crippen molar-refractivity contribution >= 4 is 33.3 Å². The zero-order valence-electron chi connectivity index (χ0n) is 15.7. The molecule has 0 unspecified atom stereocenters. The van der Waals surface area contributed by atoms with Gasteiger partial charge in [0, 0.05) is 22.7 Å². The van der Waals surface area contributed by atoms with Crippen LogP contribution in [0.4, 0.5) is 5.69 Å². The number of rotatable bonds is 4. The molecular weight excluding hydrogens is 366 g/mol. The molecule has 0 fully saturated rings. The van der Waals surface area contributed by atoms with Crippen LogP contribution in [-0.2, 0) is 17.6 Å². The zero-order valence-corrected chi connectivity index (χ0v) is 15.7. The normalized spacial score (nSPS) is 12.8. The number of anilines is 1. The van der Waals surface area contributed by atoms with Gasteiger partial charge in [-0.3, -0.25) is 4.79 Å². The number of hydrogen-bond acceptors (Lipinski definition) is 4. The van der Waals surface area contributed by atoms with E-state index in [9.17, 15) is 9.59 Å².